The summed E-state index contributed by atoms with van der Waals surface area (Å²) in [6.45, 7) is 7.89. The van der Waals surface area contributed by atoms with Crippen LogP contribution in [0.25, 0.3) is 5.65 Å². The number of aryl methyl sites for hydroxylation is 2. The minimum Gasteiger partial charge on any atom is -0.343 e. The smallest absolute Gasteiger partial charge is 0.222 e. The number of fused-ring (bicyclic) bond motifs is 1. The van der Waals surface area contributed by atoms with Crippen molar-refractivity contribution in [1.82, 2.24) is 14.3 Å². The molecule has 0 aliphatic rings. The lowest BCUT2D eigenvalue weighted by Gasteiger charge is -2.20. The van der Waals surface area contributed by atoms with E-state index in [2.05, 4.69) is 16.3 Å². The third kappa shape index (κ3) is 3.63. The summed E-state index contributed by atoms with van der Waals surface area (Å²) in [4.78, 5) is 18.8. The molecule has 0 radical (unpaired) electrons. The molecular formula is C17H25N3O. The zero-order valence-electron chi connectivity index (χ0n) is 13.3. The van der Waals surface area contributed by atoms with E-state index in [1.54, 1.807) is 0 Å². The van der Waals surface area contributed by atoms with Crippen molar-refractivity contribution in [3.8, 4) is 0 Å². The van der Waals surface area contributed by atoms with Crippen molar-refractivity contribution in [2.45, 2.75) is 46.5 Å². The average Bonchev–Trinajstić information content (AvgIpc) is 2.81. The number of aromatic nitrogens is 2. The number of rotatable bonds is 7. The zero-order valence-corrected chi connectivity index (χ0v) is 13.3. The van der Waals surface area contributed by atoms with Crippen molar-refractivity contribution in [3.63, 3.8) is 0 Å². The van der Waals surface area contributed by atoms with E-state index in [1.165, 1.54) is 0 Å². The summed E-state index contributed by atoms with van der Waals surface area (Å²) in [6, 6.07) is 5.98. The molecule has 0 aliphatic heterocycles. The molecule has 0 bridgehead atoms. The molecule has 0 unspecified atom stereocenters. The van der Waals surface area contributed by atoms with Gasteiger partial charge in [0.1, 0.15) is 5.65 Å². The number of imidazole rings is 1. The number of amides is 1. The van der Waals surface area contributed by atoms with Gasteiger partial charge in [-0.1, -0.05) is 19.4 Å². The van der Waals surface area contributed by atoms with Crippen LogP contribution < -0.4 is 0 Å². The van der Waals surface area contributed by atoms with Crippen LogP contribution in [-0.4, -0.2) is 33.3 Å². The fourth-order valence-electron chi connectivity index (χ4n) is 2.66. The van der Waals surface area contributed by atoms with E-state index in [1.807, 2.05) is 43.1 Å². The van der Waals surface area contributed by atoms with Crippen molar-refractivity contribution in [1.29, 1.82) is 0 Å². The molecule has 0 spiro atoms. The van der Waals surface area contributed by atoms with Gasteiger partial charge in [0.15, 0.2) is 0 Å². The molecule has 4 heteroatoms. The van der Waals surface area contributed by atoms with E-state index >= 15 is 0 Å². The first-order valence-electron chi connectivity index (χ1n) is 7.87. The Bertz CT molecular complexity index is 603. The number of pyridine rings is 1. The molecule has 2 rings (SSSR count). The molecule has 0 atom stereocenters. The molecule has 1 amide bonds. The quantitative estimate of drug-likeness (QED) is 0.784. The van der Waals surface area contributed by atoms with Crippen LogP contribution in [0.1, 0.15) is 44.5 Å². The molecule has 0 saturated carbocycles. The van der Waals surface area contributed by atoms with Gasteiger partial charge >= 0.3 is 0 Å². The van der Waals surface area contributed by atoms with Gasteiger partial charge in [-0.25, -0.2) is 4.98 Å². The van der Waals surface area contributed by atoms with Crippen molar-refractivity contribution in [2.75, 3.05) is 13.1 Å². The summed E-state index contributed by atoms with van der Waals surface area (Å²) < 4.78 is 2.09. The first-order valence-corrected chi connectivity index (χ1v) is 7.87. The summed E-state index contributed by atoms with van der Waals surface area (Å²) in [5.41, 5.74) is 3.12. The second kappa shape index (κ2) is 7.25. The van der Waals surface area contributed by atoms with Crippen LogP contribution in [0.4, 0.5) is 0 Å². The Labute approximate surface area is 126 Å². The molecule has 0 aromatic carbocycles. The van der Waals surface area contributed by atoms with Crippen LogP contribution in [0.2, 0.25) is 0 Å². The van der Waals surface area contributed by atoms with E-state index in [0.29, 0.717) is 6.42 Å². The Morgan fingerprint density at radius 3 is 2.86 bits per heavy atom. The molecule has 0 fully saturated rings. The molecule has 2 aromatic rings. The number of carbonyl (C=O) groups is 1. The van der Waals surface area contributed by atoms with Crippen LogP contribution in [-0.2, 0) is 11.2 Å². The predicted octanol–water partition coefficient (Wildman–Crippen LogP) is 3.22. The largest absolute Gasteiger partial charge is 0.343 e. The highest BCUT2D eigenvalue weighted by atomic mass is 16.2. The van der Waals surface area contributed by atoms with E-state index in [0.717, 1.165) is 49.4 Å². The maximum Gasteiger partial charge on any atom is 0.222 e. The first-order chi connectivity index (χ1) is 10.2. The molecular weight excluding hydrogens is 262 g/mol. The van der Waals surface area contributed by atoms with Crippen molar-refractivity contribution >= 4 is 11.6 Å². The van der Waals surface area contributed by atoms with Gasteiger partial charge in [0.05, 0.1) is 5.69 Å². The fourth-order valence-corrected chi connectivity index (χ4v) is 2.66. The third-order valence-electron chi connectivity index (χ3n) is 3.92. The maximum atomic E-state index is 12.3. The third-order valence-corrected chi connectivity index (χ3v) is 3.92. The van der Waals surface area contributed by atoms with Gasteiger partial charge in [-0.15, -0.1) is 0 Å². The van der Waals surface area contributed by atoms with Gasteiger partial charge in [0.2, 0.25) is 5.91 Å². The first kappa shape index (κ1) is 15.5. The van der Waals surface area contributed by atoms with Crippen LogP contribution in [0.15, 0.2) is 24.4 Å². The normalized spacial score (nSPS) is 11.0. The predicted molar refractivity (Wildman–Crippen MR) is 85.4 cm³/mol. The molecule has 2 aromatic heterocycles. The van der Waals surface area contributed by atoms with E-state index < -0.39 is 0 Å². The minimum absolute atomic E-state index is 0.247. The Balaban J connectivity index is 2.04. The standard InChI is InChI=1S/C17H25N3O/c1-4-6-12-19(5-2)17(21)11-10-15-14(3)18-16-9-7-8-13-20(15)16/h7-9,13H,4-6,10-12H2,1-3H3. The van der Waals surface area contributed by atoms with E-state index in [-0.39, 0.29) is 5.91 Å². The Morgan fingerprint density at radius 1 is 1.33 bits per heavy atom. The highest BCUT2D eigenvalue weighted by Gasteiger charge is 2.14. The van der Waals surface area contributed by atoms with Gasteiger partial charge < -0.3 is 9.30 Å². The maximum absolute atomic E-state index is 12.3. The number of unbranched alkanes of at least 4 members (excludes halogenated alkanes) is 1. The lowest BCUT2D eigenvalue weighted by Crippen LogP contribution is -2.32. The lowest BCUT2D eigenvalue weighted by molar-refractivity contribution is -0.131. The Kier molecular flexibility index (Phi) is 5.37. The number of hydrogen-bond donors (Lipinski definition) is 0. The highest BCUT2D eigenvalue weighted by molar-refractivity contribution is 5.76. The number of nitrogens with zero attached hydrogens (tertiary/aromatic N) is 3. The lowest BCUT2D eigenvalue weighted by atomic mass is 10.2. The second-order valence-corrected chi connectivity index (χ2v) is 5.40. The molecule has 4 nitrogen and oxygen atoms in total. The summed E-state index contributed by atoms with van der Waals surface area (Å²) in [7, 11) is 0. The summed E-state index contributed by atoms with van der Waals surface area (Å²) >= 11 is 0. The second-order valence-electron chi connectivity index (χ2n) is 5.40. The summed E-state index contributed by atoms with van der Waals surface area (Å²) in [5.74, 6) is 0.247. The highest BCUT2D eigenvalue weighted by Crippen LogP contribution is 2.14. The molecule has 2 heterocycles. The van der Waals surface area contributed by atoms with Gasteiger partial charge in [-0.05, 0) is 38.8 Å². The van der Waals surface area contributed by atoms with E-state index in [4.69, 9.17) is 0 Å². The van der Waals surface area contributed by atoms with Crippen LogP contribution in [0.5, 0.6) is 0 Å². The monoisotopic (exact) mass is 287 g/mol. The van der Waals surface area contributed by atoms with E-state index in [9.17, 15) is 4.79 Å². The van der Waals surface area contributed by atoms with Crippen molar-refractivity contribution in [2.24, 2.45) is 0 Å². The topological polar surface area (TPSA) is 37.6 Å². The molecule has 0 saturated heterocycles. The molecule has 0 aliphatic carbocycles. The summed E-state index contributed by atoms with van der Waals surface area (Å²) in [6.07, 6.45) is 5.52. The van der Waals surface area contributed by atoms with Gasteiger partial charge in [0.25, 0.3) is 0 Å². The summed E-state index contributed by atoms with van der Waals surface area (Å²) in [5, 5.41) is 0. The molecule has 114 valence electrons. The molecule has 0 N–H and O–H groups in total. The number of hydrogen-bond acceptors (Lipinski definition) is 2. The van der Waals surface area contributed by atoms with Crippen molar-refractivity contribution < 1.29 is 4.79 Å². The van der Waals surface area contributed by atoms with Crippen LogP contribution >= 0.6 is 0 Å². The SMILES string of the molecule is CCCCN(CC)C(=O)CCc1c(C)nc2ccccn12. The van der Waals surface area contributed by atoms with Crippen molar-refractivity contribution in [3.05, 3.63) is 35.8 Å². The van der Waals surface area contributed by atoms with Gasteiger partial charge in [-0.3, -0.25) is 4.79 Å². The zero-order chi connectivity index (χ0) is 15.2. The number of carbonyl (C=O) groups excluding carboxylic acids is 1. The fraction of sp³-hybridized carbons (Fsp3) is 0.529. The van der Waals surface area contributed by atoms with Crippen LogP contribution in [0.3, 0.4) is 0 Å². The van der Waals surface area contributed by atoms with Gasteiger partial charge in [0, 0.05) is 31.4 Å². The average molecular weight is 287 g/mol. The molecule has 21 heavy (non-hydrogen) atoms. The van der Waals surface area contributed by atoms with Crippen LogP contribution in [0, 0.1) is 6.92 Å². The Morgan fingerprint density at radius 2 is 2.14 bits per heavy atom. The van der Waals surface area contributed by atoms with Gasteiger partial charge in [-0.2, -0.15) is 0 Å². The Hall–Kier alpha value is -1.84. The minimum atomic E-state index is 0.247.